The van der Waals surface area contributed by atoms with E-state index in [0.717, 1.165) is 22.3 Å². The van der Waals surface area contributed by atoms with Crippen LogP contribution in [0.2, 0.25) is 0 Å². The minimum atomic E-state index is -0.709. The summed E-state index contributed by atoms with van der Waals surface area (Å²) in [7, 11) is 1.35. The van der Waals surface area contributed by atoms with Crippen molar-refractivity contribution in [1.82, 2.24) is 4.90 Å². The van der Waals surface area contributed by atoms with Gasteiger partial charge in [0.25, 0.3) is 0 Å². The molecule has 4 aromatic rings. The monoisotopic (exact) mass is 618 g/mol. The Balaban J connectivity index is 1.36. The quantitative estimate of drug-likeness (QED) is 0.0657. The third-order valence-electron chi connectivity index (χ3n) is 7.41. The van der Waals surface area contributed by atoms with Crippen molar-refractivity contribution in [2.75, 3.05) is 25.6 Å². The van der Waals surface area contributed by atoms with Crippen LogP contribution in [0.25, 0.3) is 0 Å². The Morgan fingerprint density at radius 1 is 0.848 bits per heavy atom. The molecule has 0 unspecified atom stereocenters. The summed E-state index contributed by atoms with van der Waals surface area (Å²) in [5.41, 5.74) is 5.73. The van der Waals surface area contributed by atoms with Gasteiger partial charge in [-0.05, 0) is 62.6 Å². The number of nitrogens with one attached hydrogen (secondary N) is 1. The van der Waals surface area contributed by atoms with Crippen LogP contribution in [0.5, 0.6) is 5.75 Å². The molecule has 0 saturated carbocycles. The van der Waals surface area contributed by atoms with Crippen LogP contribution < -0.4 is 10.1 Å². The first-order valence-electron chi connectivity index (χ1n) is 15.5. The molecule has 238 valence electrons. The third-order valence-corrected chi connectivity index (χ3v) is 7.41. The van der Waals surface area contributed by atoms with E-state index in [1.165, 1.54) is 7.11 Å². The van der Waals surface area contributed by atoms with Crippen LogP contribution in [0.3, 0.4) is 0 Å². The molecule has 1 N–H and O–H groups in total. The Morgan fingerprint density at radius 2 is 1.57 bits per heavy atom. The number of methoxy groups -OCH3 is 1. The van der Waals surface area contributed by atoms with Crippen LogP contribution in [-0.4, -0.2) is 48.9 Å². The highest BCUT2D eigenvalue weighted by Crippen LogP contribution is 2.22. The fraction of sp³-hybridized carbons (Fsp3) is 0.256. The largest absolute Gasteiger partial charge is 0.494 e. The summed E-state index contributed by atoms with van der Waals surface area (Å²) in [5, 5.41) is 3.24. The van der Waals surface area contributed by atoms with Gasteiger partial charge < -0.3 is 19.7 Å². The zero-order chi connectivity index (χ0) is 32.9. The number of ether oxygens (including phenoxy) is 2. The molecule has 0 aliphatic rings. The molecule has 0 saturated heterocycles. The Morgan fingerprint density at radius 3 is 2.26 bits per heavy atom. The average molecular weight is 619 g/mol. The lowest BCUT2D eigenvalue weighted by Crippen LogP contribution is -2.33. The molecular weight excluding hydrogens is 576 g/mol. The Labute approximate surface area is 271 Å². The highest BCUT2D eigenvalue weighted by molar-refractivity contribution is 6.12. The molecule has 0 heterocycles. The zero-order valence-electron chi connectivity index (χ0n) is 27.0. The molecular formula is C39H42N2O5. The molecule has 7 heteroatoms. The molecule has 0 fully saturated rings. The van der Waals surface area contributed by atoms with Crippen LogP contribution in [0, 0.1) is 6.92 Å². The van der Waals surface area contributed by atoms with Gasteiger partial charge in [0.15, 0.2) is 5.78 Å². The van der Waals surface area contributed by atoms with Crippen molar-refractivity contribution in [3.63, 3.8) is 0 Å². The molecule has 1 amide bonds. The number of ketones is 1. The van der Waals surface area contributed by atoms with E-state index in [-0.39, 0.29) is 11.7 Å². The number of aryl methyl sites for hydroxylation is 1. The van der Waals surface area contributed by atoms with Gasteiger partial charge in [0, 0.05) is 42.4 Å². The number of carbonyl (C=O) groups is 3. The number of hydrogen-bond acceptors (Lipinski definition) is 6. The van der Waals surface area contributed by atoms with Gasteiger partial charge in [0.2, 0.25) is 5.91 Å². The van der Waals surface area contributed by atoms with Gasteiger partial charge in [0.05, 0.1) is 13.7 Å². The van der Waals surface area contributed by atoms with Crippen LogP contribution in [0.15, 0.2) is 115 Å². The fourth-order valence-electron chi connectivity index (χ4n) is 5.11. The number of benzene rings is 4. The summed E-state index contributed by atoms with van der Waals surface area (Å²) in [4.78, 5) is 40.7. The molecule has 46 heavy (non-hydrogen) atoms. The molecule has 0 aromatic heterocycles. The number of esters is 1. The minimum absolute atomic E-state index is 0.00770. The average Bonchev–Trinajstić information content (AvgIpc) is 3.06. The summed E-state index contributed by atoms with van der Waals surface area (Å²) in [5.74, 6) is 0.131. The van der Waals surface area contributed by atoms with Crippen LogP contribution >= 0.6 is 0 Å². The SMILES string of the molecule is COC(=O)[C@H](Cc1ccc(OCCCN(Cc2cccc(C)c2)C(=O)C=C(C)C)cc1)Nc1ccccc1C(=O)c1ccccc1. The van der Waals surface area contributed by atoms with E-state index in [1.54, 1.807) is 36.4 Å². The number of amides is 1. The first kappa shape index (κ1) is 33.7. The van der Waals surface area contributed by atoms with Gasteiger partial charge in [-0.2, -0.15) is 0 Å². The second-order valence-corrected chi connectivity index (χ2v) is 11.5. The van der Waals surface area contributed by atoms with Crippen molar-refractivity contribution in [3.05, 3.63) is 143 Å². The van der Waals surface area contributed by atoms with E-state index < -0.39 is 12.0 Å². The molecule has 0 bridgehead atoms. The maximum absolute atomic E-state index is 13.2. The number of rotatable bonds is 15. The summed E-state index contributed by atoms with van der Waals surface area (Å²) in [6.07, 6.45) is 2.69. The summed E-state index contributed by atoms with van der Waals surface area (Å²) in [6, 6.07) is 31.3. The molecule has 0 spiro atoms. The number of anilines is 1. The van der Waals surface area contributed by atoms with Crippen molar-refractivity contribution in [1.29, 1.82) is 0 Å². The van der Waals surface area contributed by atoms with Crippen LogP contribution in [0.4, 0.5) is 5.69 Å². The van der Waals surface area contributed by atoms with Crippen LogP contribution in [-0.2, 0) is 27.3 Å². The smallest absolute Gasteiger partial charge is 0.328 e. The van der Waals surface area contributed by atoms with Crippen molar-refractivity contribution in [2.24, 2.45) is 0 Å². The topological polar surface area (TPSA) is 84.9 Å². The normalized spacial score (nSPS) is 11.2. The maximum Gasteiger partial charge on any atom is 0.328 e. The summed E-state index contributed by atoms with van der Waals surface area (Å²) < 4.78 is 11.1. The first-order chi connectivity index (χ1) is 22.2. The zero-order valence-corrected chi connectivity index (χ0v) is 27.0. The Hall–Kier alpha value is -5.17. The fourth-order valence-corrected chi connectivity index (χ4v) is 5.11. The third kappa shape index (κ3) is 9.92. The van der Waals surface area contributed by atoms with E-state index in [2.05, 4.69) is 11.4 Å². The molecule has 0 aliphatic carbocycles. The molecule has 4 rings (SSSR count). The van der Waals surface area contributed by atoms with Gasteiger partial charge >= 0.3 is 5.97 Å². The van der Waals surface area contributed by atoms with Crippen molar-refractivity contribution < 1.29 is 23.9 Å². The summed E-state index contributed by atoms with van der Waals surface area (Å²) >= 11 is 0. The Bertz CT molecular complexity index is 1640. The molecule has 0 radical (unpaired) electrons. The number of allylic oxidation sites excluding steroid dienone is 1. The number of nitrogens with zero attached hydrogens (tertiary/aromatic N) is 1. The van der Waals surface area contributed by atoms with Crippen molar-refractivity contribution in [3.8, 4) is 5.75 Å². The standard InChI is InChI=1S/C39H42N2O5/c1-28(2)24-37(42)41(27-31-13-10-12-29(3)25-31)22-11-23-46-33-20-18-30(19-21-33)26-36(39(44)45-4)40-35-17-9-8-16-34(35)38(43)32-14-6-5-7-15-32/h5-10,12-21,24-25,36,40H,11,22-23,26-27H2,1-4H3/t36-/m0/s1. The highest BCUT2D eigenvalue weighted by atomic mass is 16.5. The predicted molar refractivity (Wildman–Crippen MR) is 182 cm³/mol. The molecule has 7 nitrogen and oxygen atoms in total. The van der Waals surface area contributed by atoms with Crippen molar-refractivity contribution >= 4 is 23.3 Å². The number of para-hydroxylation sites is 1. The van der Waals surface area contributed by atoms with Crippen molar-refractivity contribution in [2.45, 2.75) is 46.2 Å². The lowest BCUT2D eigenvalue weighted by Gasteiger charge is -2.22. The number of carbonyl (C=O) groups excluding carboxylic acids is 3. The maximum atomic E-state index is 13.2. The highest BCUT2D eigenvalue weighted by Gasteiger charge is 2.23. The van der Waals surface area contributed by atoms with E-state index >= 15 is 0 Å². The molecule has 4 aromatic carbocycles. The van der Waals surface area contributed by atoms with E-state index in [4.69, 9.17) is 9.47 Å². The molecule has 0 aliphatic heterocycles. The van der Waals surface area contributed by atoms with E-state index in [9.17, 15) is 14.4 Å². The minimum Gasteiger partial charge on any atom is -0.494 e. The lowest BCUT2D eigenvalue weighted by molar-refractivity contribution is -0.141. The van der Waals surface area contributed by atoms with Crippen LogP contribution in [0.1, 0.15) is 52.9 Å². The predicted octanol–water partition coefficient (Wildman–Crippen LogP) is 7.19. The summed E-state index contributed by atoms with van der Waals surface area (Å²) in [6.45, 7) is 7.44. The second kappa shape index (κ2) is 16.8. The van der Waals surface area contributed by atoms with E-state index in [1.807, 2.05) is 92.4 Å². The van der Waals surface area contributed by atoms with Gasteiger partial charge in [-0.25, -0.2) is 4.79 Å². The van der Waals surface area contributed by atoms with Gasteiger partial charge in [0.1, 0.15) is 11.8 Å². The van der Waals surface area contributed by atoms with Gasteiger partial charge in [-0.15, -0.1) is 0 Å². The lowest BCUT2D eigenvalue weighted by atomic mass is 10.00. The van der Waals surface area contributed by atoms with E-state index in [0.29, 0.717) is 55.1 Å². The Kier molecular flexibility index (Phi) is 12.3. The number of hydrogen-bond donors (Lipinski definition) is 1. The van der Waals surface area contributed by atoms with Gasteiger partial charge in [-0.1, -0.05) is 90.0 Å². The first-order valence-corrected chi connectivity index (χ1v) is 15.5. The molecule has 1 atom stereocenters. The second-order valence-electron chi connectivity index (χ2n) is 11.5. The van der Waals surface area contributed by atoms with Gasteiger partial charge in [-0.3, -0.25) is 9.59 Å².